The molecule has 1 fully saturated rings. The number of aromatic nitrogens is 2. The highest BCUT2D eigenvalue weighted by atomic mass is 32.2. The van der Waals surface area contributed by atoms with Crippen LogP contribution in [-0.2, 0) is 44.8 Å². The molecule has 8 rings (SSSR count). The number of aromatic hydroxyl groups is 1. The molecule has 0 bridgehead atoms. The van der Waals surface area contributed by atoms with E-state index in [1.54, 1.807) is 82.6 Å². The predicted molar refractivity (Wildman–Crippen MR) is 272 cm³/mol. The number of anilines is 2. The van der Waals surface area contributed by atoms with Gasteiger partial charge < -0.3 is 35.3 Å². The number of aliphatic imine (C=N–C) groups is 1. The number of methoxy groups -OCH3 is 1. The van der Waals surface area contributed by atoms with Crippen molar-refractivity contribution in [3.05, 3.63) is 185 Å². The topological polar surface area (TPSA) is 189 Å². The molecule has 1 saturated heterocycles. The number of alkyl carbamates (subject to hydrolysis) is 1. The molecule has 0 saturated carbocycles. The van der Waals surface area contributed by atoms with Crippen molar-refractivity contribution in [3.8, 4) is 11.5 Å². The van der Waals surface area contributed by atoms with Crippen LogP contribution in [0.5, 0.6) is 11.5 Å². The maximum absolute atomic E-state index is 14.5. The van der Waals surface area contributed by atoms with Gasteiger partial charge in [-0.15, -0.1) is 21.1 Å². The molecule has 0 spiro atoms. The van der Waals surface area contributed by atoms with Gasteiger partial charge in [-0.1, -0.05) is 115 Å². The number of carbonyl (C=O) groups excluding carboxylic acids is 4. The number of ether oxygens (including phenoxy) is 3. The number of nitrogens with zero attached hydrogens (tertiary/aromatic N) is 4. The molecule has 17 heteroatoms. The van der Waals surface area contributed by atoms with E-state index < -0.39 is 40.6 Å². The van der Waals surface area contributed by atoms with E-state index >= 15 is 0 Å². The lowest BCUT2D eigenvalue weighted by molar-refractivity contribution is -0.765. The van der Waals surface area contributed by atoms with Crippen LogP contribution < -0.4 is 30.7 Å². The molecule has 16 nitrogen and oxygen atoms in total. The Hall–Kier alpha value is -8.05. The van der Waals surface area contributed by atoms with Gasteiger partial charge in [0.25, 0.3) is 5.91 Å². The summed E-state index contributed by atoms with van der Waals surface area (Å²) in [6.07, 6.45) is 2.65. The van der Waals surface area contributed by atoms with Gasteiger partial charge in [0, 0.05) is 36.2 Å². The number of para-hydroxylation sites is 1. The first-order valence-electron chi connectivity index (χ1n) is 23.1. The number of carbonyl (C=O) groups is 4. The lowest BCUT2D eigenvalue weighted by atomic mass is 9.77. The van der Waals surface area contributed by atoms with Gasteiger partial charge in [-0.05, 0) is 67.3 Å². The summed E-state index contributed by atoms with van der Waals surface area (Å²) >= 11 is 1.47. The summed E-state index contributed by atoms with van der Waals surface area (Å²) in [6, 6.07) is 42.6. The fourth-order valence-electron chi connectivity index (χ4n) is 8.44. The highest BCUT2D eigenvalue weighted by Crippen LogP contribution is 2.44. The second kappa shape index (κ2) is 21.7. The van der Waals surface area contributed by atoms with E-state index in [2.05, 4.69) is 62.7 Å². The number of amides is 4. The SMILES string of the molecule is COc1ccc(COC(=O)C2=C(C[n+]3cc(NC(=O)NCCNC(=O)OC(C)(C)C)c(NC(c4ccccc4)(c4ccccc4)c4ccccc4)n3C)CS[C@@H]3[C@H](N=Cc4ccccc4O)C(=O)N23)cc1. The van der Waals surface area contributed by atoms with E-state index in [9.17, 15) is 24.3 Å². The Morgan fingerprint density at radius 2 is 1.42 bits per heavy atom. The molecule has 3 heterocycles. The molecule has 2 aliphatic heterocycles. The Kier molecular flexibility index (Phi) is 15.1. The van der Waals surface area contributed by atoms with Gasteiger partial charge >= 0.3 is 18.1 Å². The van der Waals surface area contributed by atoms with Crippen molar-refractivity contribution in [1.82, 2.24) is 20.2 Å². The van der Waals surface area contributed by atoms with Crippen molar-refractivity contribution < 1.29 is 43.2 Å². The lowest BCUT2D eigenvalue weighted by Crippen LogP contribution is -2.64. The summed E-state index contributed by atoms with van der Waals surface area (Å²) in [6.45, 7) is 5.56. The van der Waals surface area contributed by atoms with Gasteiger partial charge in [0.1, 0.15) is 40.3 Å². The minimum Gasteiger partial charge on any atom is -0.507 e. The van der Waals surface area contributed by atoms with Crippen LogP contribution in [0.3, 0.4) is 0 Å². The van der Waals surface area contributed by atoms with Gasteiger partial charge in [-0.25, -0.2) is 14.4 Å². The number of β-lactam (4-membered cyclic amide) rings is 1. The maximum atomic E-state index is 14.5. The molecule has 6 aromatic rings. The van der Waals surface area contributed by atoms with Gasteiger partial charge in [-0.2, -0.15) is 0 Å². The standard InChI is InChI=1S/C54H56N8O8S/c1-53(2,3)70-52(67)56-30-29-55-51(66)58-43-33-61(60(4)47(43)59-54(39-18-9-6-10-19-39,40-20-11-7-12-21-40)41-22-13-8-14-23-41)32-38-35-71-49-45(57-31-37-17-15-16-24-44(37)63)48(64)62(49)46(38)50(65)69-34-36-25-27-42(68-5)28-26-36/h6-28,31,33,45,49H,29-30,32,34-35H2,1-5H3,(H4,55,56,57,58,63,66,67)/p+1/t45-,49-/m1/s1. The molecule has 2 atom stereocenters. The first kappa shape index (κ1) is 49.4. The third-order valence-electron chi connectivity index (χ3n) is 11.9. The fourth-order valence-corrected chi connectivity index (χ4v) is 9.77. The summed E-state index contributed by atoms with van der Waals surface area (Å²) in [5.74, 6) is 0.459. The Balaban J connectivity index is 1.18. The predicted octanol–water partition coefficient (Wildman–Crippen LogP) is 7.48. The van der Waals surface area contributed by atoms with Crippen LogP contribution in [0.4, 0.5) is 21.1 Å². The molecule has 4 amide bonds. The third kappa shape index (κ3) is 11.2. The number of rotatable bonds is 17. The van der Waals surface area contributed by atoms with Crippen molar-refractivity contribution in [2.45, 2.75) is 56.5 Å². The summed E-state index contributed by atoms with van der Waals surface area (Å²) in [5.41, 5.74) is 3.36. The number of hydrogen-bond donors (Lipinski definition) is 5. The smallest absolute Gasteiger partial charge is 0.407 e. The van der Waals surface area contributed by atoms with Gasteiger partial charge in [0.15, 0.2) is 24.1 Å². The Labute approximate surface area is 416 Å². The molecule has 5 aromatic carbocycles. The zero-order valence-electron chi connectivity index (χ0n) is 40.1. The van der Waals surface area contributed by atoms with Crippen molar-refractivity contribution in [3.63, 3.8) is 0 Å². The molecule has 0 radical (unpaired) electrons. The minimum absolute atomic E-state index is 0.0321. The van der Waals surface area contributed by atoms with Crippen LogP contribution in [0.15, 0.2) is 162 Å². The fraction of sp³-hybridized carbons (Fsp3) is 0.259. The minimum atomic E-state index is -1.02. The lowest BCUT2D eigenvalue weighted by Gasteiger charge is -2.47. The number of hydrogen-bond acceptors (Lipinski definition) is 11. The van der Waals surface area contributed by atoms with E-state index in [0.717, 1.165) is 22.3 Å². The molecular formula is C54H57N8O8S+. The first-order chi connectivity index (χ1) is 34.3. The normalized spacial score (nSPS) is 15.6. The summed E-state index contributed by atoms with van der Waals surface area (Å²) in [7, 11) is 3.42. The van der Waals surface area contributed by atoms with E-state index in [0.29, 0.717) is 34.1 Å². The van der Waals surface area contributed by atoms with Crippen LogP contribution in [0.2, 0.25) is 0 Å². The summed E-state index contributed by atoms with van der Waals surface area (Å²) in [4.78, 5) is 60.8. The number of phenols is 1. The number of benzene rings is 5. The zero-order chi connectivity index (χ0) is 50.1. The third-order valence-corrected chi connectivity index (χ3v) is 13.2. The van der Waals surface area contributed by atoms with E-state index in [4.69, 9.17) is 14.2 Å². The molecule has 5 N–H and O–H groups in total. The molecule has 1 aromatic heterocycles. The van der Waals surface area contributed by atoms with Crippen LogP contribution >= 0.6 is 11.8 Å². The number of nitrogens with one attached hydrogen (secondary N) is 4. The average Bonchev–Trinajstić information content (AvgIpc) is 3.65. The maximum Gasteiger partial charge on any atom is 0.407 e. The van der Waals surface area contributed by atoms with E-state index in [-0.39, 0.29) is 43.6 Å². The largest absolute Gasteiger partial charge is 0.507 e. The number of fused-ring (bicyclic) bond motifs is 1. The molecule has 2 aliphatic rings. The zero-order valence-corrected chi connectivity index (χ0v) is 40.9. The molecule has 0 aliphatic carbocycles. The second-order valence-corrected chi connectivity index (χ2v) is 19.0. The average molecular weight is 978 g/mol. The highest BCUT2D eigenvalue weighted by molar-refractivity contribution is 8.00. The number of phenolic OH excluding ortho intramolecular Hbond substituents is 1. The van der Waals surface area contributed by atoms with Crippen LogP contribution in [0, 0.1) is 0 Å². The quantitative estimate of drug-likeness (QED) is 0.0153. The van der Waals surface area contributed by atoms with E-state index in [1.165, 1.54) is 22.9 Å². The number of esters is 1. The van der Waals surface area contributed by atoms with Gasteiger partial charge in [0.05, 0.1) is 14.2 Å². The summed E-state index contributed by atoms with van der Waals surface area (Å²) in [5, 5.41) is 22.3. The van der Waals surface area contributed by atoms with Crippen molar-refractivity contribution in [2.24, 2.45) is 12.0 Å². The summed E-state index contributed by atoms with van der Waals surface area (Å²) < 4.78 is 20.3. The number of urea groups is 1. The molecular weight excluding hydrogens is 921 g/mol. The second-order valence-electron chi connectivity index (χ2n) is 17.9. The van der Waals surface area contributed by atoms with Crippen molar-refractivity contribution in [1.29, 1.82) is 0 Å². The van der Waals surface area contributed by atoms with Crippen molar-refractivity contribution >= 4 is 53.5 Å². The Morgan fingerprint density at radius 1 is 0.831 bits per heavy atom. The molecule has 0 unspecified atom stereocenters. The van der Waals surface area contributed by atoms with E-state index in [1.807, 2.05) is 71.0 Å². The van der Waals surface area contributed by atoms with Crippen LogP contribution in [0.1, 0.15) is 48.6 Å². The highest BCUT2D eigenvalue weighted by Gasteiger charge is 2.54. The van der Waals surface area contributed by atoms with Gasteiger partial charge in [-0.3, -0.25) is 20.0 Å². The monoisotopic (exact) mass is 977 g/mol. The van der Waals surface area contributed by atoms with Gasteiger partial charge in [0.2, 0.25) is 6.20 Å². The Bertz CT molecular complexity index is 2830. The van der Waals surface area contributed by atoms with Crippen LogP contribution in [0.25, 0.3) is 0 Å². The number of thioether (sulfide) groups is 1. The molecule has 71 heavy (non-hydrogen) atoms. The Morgan fingerprint density at radius 3 is 2.01 bits per heavy atom. The van der Waals surface area contributed by atoms with Crippen LogP contribution in [-0.4, -0.2) is 87.9 Å². The molecule has 366 valence electrons. The van der Waals surface area contributed by atoms with Crippen molar-refractivity contribution in [2.75, 3.05) is 36.6 Å². The first-order valence-corrected chi connectivity index (χ1v) is 24.1.